The van der Waals surface area contributed by atoms with E-state index in [2.05, 4.69) is 4.98 Å². The maximum Gasteiger partial charge on any atom is 0.257 e. The van der Waals surface area contributed by atoms with Crippen LogP contribution in [0.2, 0.25) is 0 Å². The third-order valence-corrected chi connectivity index (χ3v) is 7.10. The number of thiazole rings is 1. The molecule has 1 aliphatic rings. The predicted octanol–water partition coefficient (Wildman–Crippen LogP) is 3.42. The number of rotatable bonds is 6. The smallest absolute Gasteiger partial charge is 0.257 e. The summed E-state index contributed by atoms with van der Waals surface area (Å²) >= 11 is 3.20. The standard InChI is InChI=1S/C22H23N3O4S2/c1-28-16-5-6-17(18(13-16)29-2)22(27)25-9-7-24(8-10-25)20(26)12-15-14-31-21(23-15)19-4-3-11-30-19/h3-6,11,13-14H,7-10,12H2,1-2H3. The van der Waals surface area contributed by atoms with Crippen LogP contribution in [0.4, 0.5) is 0 Å². The van der Waals surface area contributed by atoms with E-state index in [4.69, 9.17) is 9.47 Å². The van der Waals surface area contributed by atoms with Crippen LogP contribution in [0, 0.1) is 0 Å². The van der Waals surface area contributed by atoms with E-state index in [1.165, 1.54) is 7.11 Å². The molecule has 1 saturated heterocycles. The molecule has 0 aliphatic carbocycles. The van der Waals surface area contributed by atoms with Gasteiger partial charge in [-0.25, -0.2) is 4.98 Å². The molecule has 3 aromatic rings. The number of piperazine rings is 1. The molecule has 9 heteroatoms. The number of aromatic nitrogens is 1. The summed E-state index contributed by atoms with van der Waals surface area (Å²) in [5.41, 5.74) is 1.28. The van der Waals surface area contributed by atoms with Gasteiger partial charge in [0.1, 0.15) is 16.5 Å². The van der Waals surface area contributed by atoms with Crippen molar-refractivity contribution in [2.45, 2.75) is 6.42 Å². The van der Waals surface area contributed by atoms with Crippen molar-refractivity contribution in [3.63, 3.8) is 0 Å². The second kappa shape index (κ2) is 9.49. The minimum Gasteiger partial charge on any atom is -0.497 e. The first-order valence-corrected chi connectivity index (χ1v) is 11.6. The van der Waals surface area contributed by atoms with E-state index in [0.29, 0.717) is 43.2 Å². The Balaban J connectivity index is 1.34. The van der Waals surface area contributed by atoms with Crippen molar-refractivity contribution < 1.29 is 19.1 Å². The molecule has 0 atom stereocenters. The Kier molecular flexibility index (Phi) is 6.53. The molecule has 2 amide bonds. The summed E-state index contributed by atoms with van der Waals surface area (Å²) in [5.74, 6) is 1.05. The average molecular weight is 458 g/mol. The Bertz CT molecular complexity index is 1060. The Morgan fingerprint density at radius 3 is 2.48 bits per heavy atom. The highest BCUT2D eigenvalue weighted by atomic mass is 32.1. The van der Waals surface area contributed by atoms with Crippen LogP contribution < -0.4 is 9.47 Å². The lowest BCUT2D eigenvalue weighted by Crippen LogP contribution is -2.51. The Hall–Kier alpha value is -2.91. The first-order chi connectivity index (χ1) is 15.1. The fraction of sp³-hybridized carbons (Fsp3) is 0.318. The maximum atomic E-state index is 13.0. The molecule has 0 bridgehead atoms. The monoisotopic (exact) mass is 457 g/mol. The molecule has 0 unspecified atom stereocenters. The van der Waals surface area contributed by atoms with Crippen molar-refractivity contribution in [1.82, 2.24) is 14.8 Å². The summed E-state index contributed by atoms with van der Waals surface area (Å²) in [5, 5.41) is 4.91. The van der Waals surface area contributed by atoms with E-state index < -0.39 is 0 Å². The molecular weight excluding hydrogens is 434 g/mol. The molecule has 4 rings (SSSR count). The highest BCUT2D eigenvalue weighted by Crippen LogP contribution is 2.28. The summed E-state index contributed by atoms with van der Waals surface area (Å²) in [6, 6.07) is 9.18. The van der Waals surface area contributed by atoms with Gasteiger partial charge in [0.15, 0.2) is 0 Å². The molecule has 1 fully saturated rings. The van der Waals surface area contributed by atoms with Gasteiger partial charge in [0, 0.05) is 37.6 Å². The second-order valence-corrected chi connectivity index (χ2v) is 8.84. The molecule has 1 aromatic carbocycles. The highest BCUT2D eigenvalue weighted by Gasteiger charge is 2.27. The summed E-state index contributed by atoms with van der Waals surface area (Å²) in [7, 11) is 3.10. The van der Waals surface area contributed by atoms with Crippen molar-refractivity contribution in [2.75, 3.05) is 40.4 Å². The minimum absolute atomic E-state index is 0.0390. The Morgan fingerprint density at radius 2 is 1.81 bits per heavy atom. The zero-order chi connectivity index (χ0) is 21.8. The number of methoxy groups -OCH3 is 2. The third-order valence-electron chi connectivity index (χ3n) is 5.17. The maximum absolute atomic E-state index is 13.0. The molecule has 7 nitrogen and oxygen atoms in total. The lowest BCUT2D eigenvalue weighted by Gasteiger charge is -2.35. The number of hydrogen-bond donors (Lipinski definition) is 0. The summed E-state index contributed by atoms with van der Waals surface area (Å²) in [4.78, 5) is 35.0. The van der Waals surface area contributed by atoms with E-state index in [9.17, 15) is 9.59 Å². The van der Waals surface area contributed by atoms with Crippen LogP contribution >= 0.6 is 22.7 Å². The molecule has 3 heterocycles. The van der Waals surface area contributed by atoms with E-state index >= 15 is 0 Å². The van der Waals surface area contributed by atoms with Crippen LogP contribution in [0.25, 0.3) is 9.88 Å². The van der Waals surface area contributed by atoms with E-state index in [0.717, 1.165) is 15.6 Å². The molecule has 0 saturated carbocycles. The number of carbonyl (C=O) groups excluding carboxylic acids is 2. The predicted molar refractivity (Wildman–Crippen MR) is 121 cm³/mol. The average Bonchev–Trinajstić information content (AvgIpc) is 3.50. The molecule has 162 valence electrons. The topological polar surface area (TPSA) is 72.0 Å². The summed E-state index contributed by atoms with van der Waals surface area (Å²) in [6.07, 6.45) is 0.280. The quantitative estimate of drug-likeness (QED) is 0.567. The van der Waals surface area contributed by atoms with Crippen molar-refractivity contribution >= 4 is 34.5 Å². The number of thiophene rings is 1. The Labute approximate surface area is 188 Å². The molecule has 31 heavy (non-hydrogen) atoms. The fourth-order valence-corrected chi connectivity index (χ4v) is 5.11. The number of hydrogen-bond acceptors (Lipinski definition) is 7. The van der Waals surface area contributed by atoms with Crippen molar-refractivity contribution in [3.05, 3.63) is 52.3 Å². The SMILES string of the molecule is COc1ccc(C(=O)N2CCN(C(=O)Cc3csc(-c4cccs4)n3)CC2)c(OC)c1. The van der Waals surface area contributed by atoms with Crippen LogP contribution in [0.15, 0.2) is 41.1 Å². The van der Waals surface area contributed by atoms with E-state index in [-0.39, 0.29) is 18.2 Å². The van der Waals surface area contributed by atoms with Crippen molar-refractivity contribution in [3.8, 4) is 21.4 Å². The largest absolute Gasteiger partial charge is 0.497 e. The molecule has 0 N–H and O–H groups in total. The molecule has 1 aliphatic heterocycles. The van der Waals surface area contributed by atoms with Crippen LogP contribution in [-0.4, -0.2) is 67.0 Å². The third kappa shape index (κ3) is 4.72. The number of amides is 2. The number of carbonyl (C=O) groups is 2. The molecular formula is C22H23N3O4S2. The van der Waals surface area contributed by atoms with Crippen LogP contribution in [0.5, 0.6) is 11.5 Å². The van der Waals surface area contributed by atoms with Gasteiger partial charge in [-0.15, -0.1) is 22.7 Å². The van der Waals surface area contributed by atoms with Gasteiger partial charge in [0.05, 0.1) is 36.8 Å². The van der Waals surface area contributed by atoms with E-state index in [1.807, 2.05) is 22.9 Å². The van der Waals surface area contributed by atoms with Gasteiger partial charge in [0.25, 0.3) is 5.91 Å². The van der Waals surface area contributed by atoms with Crippen molar-refractivity contribution in [2.24, 2.45) is 0 Å². The zero-order valence-corrected chi connectivity index (χ0v) is 19.0. The summed E-state index contributed by atoms with van der Waals surface area (Å²) in [6.45, 7) is 1.98. The number of benzene rings is 1. The van der Waals surface area contributed by atoms with Gasteiger partial charge < -0.3 is 19.3 Å². The lowest BCUT2D eigenvalue weighted by molar-refractivity contribution is -0.132. The van der Waals surface area contributed by atoms with Gasteiger partial charge in [-0.3, -0.25) is 9.59 Å². The molecule has 0 spiro atoms. The van der Waals surface area contributed by atoms with E-state index in [1.54, 1.807) is 57.8 Å². The first kappa shape index (κ1) is 21.3. The Morgan fingerprint density at radius 1 is 1.03 bits per heavy atom. The fourth-order valence-electron chi connectivity index (χ4n) is 3.47. The molecule has 0 radical (unpaired) electrons. The van der Waals surface area contributed by atoms with Gasteiger partial charge >= 0.3 is 0 Å². The lowest BCUT2D eigenvalue weighted by atomic mass is 10.1. The van der Waals surface area contributed by atoms with Crippen LogP contribution in [0.3, 0.4) is 0 Å². The van der Waals surface area contributed by atoms with Gasteiger partial charge in [-0.05, 0) is 23.6 Å². The highest BCUT2D eigenvalue weighted by molar-refractivity contribution is 7.20. The van der Waals surface area contributed by atoms with Gasteiger partial charge in [-0.1, -0.05) is 6.07 Å². The normalized spacial score (nSPS) is 13.9. The second-order valence-electron chi connectivity index (χ2n) is 7.04. The zero-order valence-electron chi connectivity index (χ0n) is 17.4. The van der Waals surface area contributed by atoms with Crippen LogP contribution in [-0.2, 0) is 11.2 Å². The minimum atomic E-state index is -0.105. The summed E-state index contributed by atoms with van der Waals surface area (Å²) < 4.78 is 10.6. The van der Waals surface area contributed by atoms with Crippen molar-refractivity contribution in [1.29, 1.82) is 0 Å². The van der Waals surface area contributed by atoms with Gasteiger partial charge in [-0.2, -0.15) is 0 Å². The van der Waals surface area contributed by atoms with Crippen LogP contribution in [0.1, 0.15) is 16.1 Å². The first-order valence-electron chi connectivity index (χ1n) is 9.86. The van der Waals surface area contributed by atoms with Gasteiger partial charge in [0.2, 0.25) is 5.91 Å². The molecule has 2 aromatic heterocycles. The number of ether oxygens (including phenoxy) is 2. The number of nitrogens with zero attached hydrogens (tertiary/aromatic N) is 3.